The Labute approximate surface area is 132 Å². The van der Waals surface area contributed by atoms with Crippen LogP contribution in [0.25, 0.3) is 0 Å². The second-order valence-electron chi connectivity index (χ2n) is 5.96. The van der Waals surface area contributed by atoms with Crippen LogP contribution in [0.2, 0.25) is 0 Å². The van der Waals surface area contributed by atoms with Gasteiger partial charge in [0.1, 0.15) is 6.04 Å². The Morgan fingerprint density at radius 2 is 2.09 bits per heavy atom. The molecule has 0 radical (unpaired) electrons. The lowest BCUT2D eigenvalue weighted by atomic mass is 10.1. The minimum absolute atomic E-state index is 0.0847. The second kappa shape index (κ2) is 7.29. The highest BCUT2D eigenvalue weighted by Crippen LogP contribution is 2.18. The quantitative estimate of drug-likeness (QED) is 0.807. The van der Waals surface area contributed by atoms with Crippen molar-refractivity contribution < 1.29 is 9.59 Å². The number of nitrogens with one attached hydrogen (secondary N) is 2. The summed E-state index contributed by atoms with van der Waals surface area (Å²) in [6.45, 7) is 4.02. The van der Waals surface area contributed by atoms with E-state index in [9.17, 15) is 9.59 Å². The second-order valence-corrected chi connectivity index (χ2v) is 5.96. The Morgan fingerprint density at radius 3 is 2.73 bits per heavy atom. The monoisotopic (exact) mass is 303 g/mol. The molecule has 5 nitrogen and oxygen atoms in total. The van der Waals surface area contributed by atoms with Crippen LogP contribution in [0.4, 0.5) is 5.69 Å². The molecule has 1 aliphatic rings. The number of carbonyl (C=O) groups is 2. The van der Waals surface area contributed by atoms with E-state index in [1.807, 2.05) is 25.1 Å². The molecule has 1 fully saturated rings. The SMILES string of the molecule is CCc1cccc(NC(C)C(=O)N(C)CC(=O)NC2CC2)c1. The summed E-state index contributed by atoms with van der Waals surface area (Å²) in [6.07, 6.45) is 3.06. The fraction of sp³-hybridized carbons (Fsp3) is 0.529. The largest absolute Gasteiger partial charge is 0.374 e. The molecule has 0 saturated heterocycles. The van der Waals surface area contributed by atoms with Gasteiger partial charge in [-0.1, -0.05) is 19.1 Å². The molecule has 0 aromatic heterocycles. The van der Waals surface area contributed by atoms with Crippen molar-refractivity contribution >= 4 is 17.5 Å². The predicted molar refractivity (Wildman–Crippen MR) is 87.7 cm³/mol. The summed E-state index contributed by atoms with van der Waals surface area (Å²) in [5.74, 6) is -0.175. The zero-order valence-electron chi connectivity index (χ0n) is 13.6. The molecule has 1 saturated carbocycles. The highest BCUT2D eigenvalue weighted by Gasteiger charge is 2.25. The van der Waals surface area contributed by atoms with E-state index in [1.165, 1.54) is 10.5 Å². The normalized spacial score (nSPS) is 15.0. The Morgan fingerprint density at radius 1 is 1.36 bits per heavy atom. The first-order valence-electron chi connectivity index (χ1n) is 7.89. The third-order valence-corrected chi connectivity index (χ3v) is 3.79. The summed E-state index contributed by atoms with van der Waals surface area (Å²) in [5, 5.41) is 6.09. The molecule has 1 aromatic rings. The Kier molecular flexibility index (Phi) is 5.41. The van der Waals surface area contributed by atoms with Crippen LogP contribution in [0.3, 0.4) is 0 Å². The summed E-state index contributed by atoms with van der Waals surface area (Å²) in [4.78, 5) is 25.5. The minimum Gasteiger partial charge on any atom is -0.374 e. The molecule has 2 N–H and O–H groups in total. The summed E-state index contributed by atoms with van der Waals surface area (Å²) in [5.41, 5.74) is 2.15. The highest BCUT2D eigenvalue weighted by atomic mass is 16.2. The van der Waals surface area contributed by atoms with Gasteiger partial charge >= 0.3 is 0 Å². The van der Waals surface area contributed by atoms with Crippen molar-refractivity contribution in [1.29, 1.82) is 0 Å². The van der Waals surface area contributed by atoms with E-state index in [0.29, 0.717) is 6.04 Å². The average Bonchev–Trinajstić information content (AvgIpc) is 3.30. The molecule has 5 heteroatoms. The van der Waals surface area contributed by atoms with E-state index >= 15 is 0 Å². The molecule has 2 amide bonds. The van der Waals surface area contributed by atoms with Gasteiger partial charge in [-0.2, -0.15) is 0 Å². The number of amides is 2. The molecule has 1 aliphatic carbocycles. The van der Waals surface area contributed by atoms with Crippen molar-refractivity contribution in [2.24, 2.45) is 0 Å². The van der Waals surface area contributed by atoms with E-state index in [4.69, 9.17) is 0 Å². The predicted octanol–water partition coefficient (Wildman–Crippen LogP) is 1.79. The number of benzene rings is 1. The van der Waals surface area contributed by atoms with Crippen molar-refractivity contribution in [3.05, 3.63) is 29.8 Å². The maximum Gasteiger partial charge on any atom is 0.244 e. The molecule has 0 heterocycles. The van der Waals surface area contributed by atoms with E-state index in [-0.39, 0.29) is 24.4 Å². The first kappa shape index (κ1) is 16.3. The number of hydrogen-bond donors (Lipinski definition) is 2. The molecule has 1 atom stereocenters. The van der Waals surface area contributed by atoms with Gasteiger partial charge in [0.25, 0.3) is 0 Å². The number of nitrogens with zero attached hydrogens (tertiary/aromatic N) is 1. The molecule has 120 valence electrons. The van der Waals surface area contributed by atoms with Gasteiger partial charge in [0, 0.05) is 18.8 Å². The summed E-state index contributed by atoms with van der Waals surface area (Å²) < 4.78 is 0. The van der Waals surface area contributed by atoms with Gasteiger partial charge in [-0.15, -0.1) is 0 Å². The molecule has 0 bridgehead atoms. The van der Waals surface area contributed by atoms with Crippen molar-refractivity contribution in [1.82, 2.24) is 10.2 Å². The van der Waals surface area contributed by atoms with Crippen molar-refractivity contribution in [3.63, 3.8) is 0 Å². The smallest absolute Gasteiger partial charge is 0.244 e. The van der Waals surface area contributed by atoms with Gasteiger partial charge in [-0.05, 0) is 43.9 Å². The third-order valence-electron chi connectivity index (χ3n) is 3.79. The lowest BCUT2D eigenvalue weighted by Gasteiger charge is -2.22. The van der Waals surface area contributed by atoms with Crippen LogP contribution in [-0.2, 0) is 16.0 Å². The zero-order chi connectivity index (χ0) is 16.1. The first-order chi connectivity index (χ1) is 10.5. The number of likely N-dealkylation sites (N-methyl/N-ethyl adjacent to an activating group) is 1. The van der Waals surface area contributed by atoms with Crippen molar-refractivity contribution in [3.8, 4) is 0 Å². The zero-order valence-corrected chi connectivity index (χ0v) is 13.6. The number of rotatable bonds is 7. The lowest BCUT2D eigenvalue weighted by molar-refractivity contribution is -0.135. The van der Waals surface area contributed by atoms with E-state index in [1.54, 1.807) is 7.05 Å². The molecular formula is C17H25N3O2. The van der Waals surface area contributed by atoms with Crippen LogP contribution in [0.15, 0.2) is 24.3 Å². The van der Waals surface area contributed by atoms with Crippen molar-refractivity contribution in [2.75, 3.05) is 18.9 Å². The highest BCUT2D eigenvalue weighted by molar-refractivity contribution is 5.88. The number of anilines is 1. The summed E-state index contributed by atoms with van der Waals surface area (Å²) in [7, 11) is 1.66. The van der Waals surface area contributed by atoms with Gasteiger partial charge in [0.05, 0.1) is 6.54 Å². The van der Waals surface area contributed by atoms with Crippen LogP contribution >= 0.6 is 0 Å². The van der Waals surface area contributed by atoms with Gasteiger partial charge in [-0.3, -0.25) is 9.59 Å². The Balaban J connectivity index is 1.85. The maximum atomic E-state index is 12.3. The summed E-state index contributed by atoms with van der Waals surface area (Å²) >= 11 is 0. The van der Waals surface area contributed by atoms with E-state index < -0.39 is 0 Å². The lowest BCUT2D eigenvalue weighted by Crippen LogP contribution is -2.44. The van der Waals surface area contributed by atoms with Gasteiger partial charge in [0.15, 0.2) is 0 Å². The maximum absolute atomic E-state index is 12.3. The van der Waals surface area contributed by atoms with E-state index in [0.717, 1.165) is 24.9 Å². The minimum atomic E-state index is -0.370. The first-order valence-corrected chi connectivity index (χ1v) is 7.89. The molecule has 1 aromatic carbocycles. The van der Waals surface area contributed by atoms with Crippen molar-refractivity contribution in [2.45, 2.75) is 45.2 Å². The third kappa shape index (κ3) is 4.76. The van der Waals surface area contributed by atoms with Crippen LogP contribution in [0.1, 0.15) is 32.3 Å². The molecular weight excluding hydrogens is 278 g/mol. The number of carbonyl (C=O) groups excluding carboxylic acids is 2. The van der Waals surface area contributed by atoms with Crippen LogP contribution in [-0.4, -0.2) is 42.4 Å². The standard InChI is InChI=1S/C17H25N3O2/c1-4-13-6-5-7-15(10-13)18-12(2)17(22)20(3)11-16(21)19-14-8-9-14/h5-7,10,12,14,18H,4,8-9,11H2,1-3H3,(H,19,21). The van der Waals surface area contributed by atoms with E-state index in [2.05, 4.69) is 23.6 Å². The van der Waals surface area contributed by atoms with Crippen LogP contribution in [0, 0.1) is 0 Å². The molecule has 22 heavy (non-hydrogen) atoms. The Hall–Kier alpha value is -2.04. The van der Waals surface area contributed by atoms with Gasteiger partial charge in [0.2, 0.25) is 11.8 Å². The Bertz CT molecular complexity index is 540. The van der Waals surface area contributed by atoms with Gasteiger partial charge in [-0.25, -0.2) is 0 Å². The fourth-order valence-electron chi connectivity index (χ4n) is 2.32. The molecule has 0 spiro atoms. The fourth-order valence-corrected chi connectivity index (χ4v) is 2.32. The van der Waals surface area contributed by atoms with Crippen LogP contribution in [0.5, 0.6) is 0 Å². The number of hydrogen-bond acceptors (Lipinski definition) is 3. The average molecular weight is 303 g/mol. The number of aryl methyl sites for hydroxylation is 1. The molecule has 2 rings (SSSR count). The summed E-state index contributed by atoms with van der Waals surface area (Å²) in [6, 6.07) is 7.98. The topological polar surface area (TPSA) is 61.4 Å². The van der Waals surface area contributed by atoms with Gasteiger partial charge < -0.3 is 15.5 Å². The molecule has 0 aliphatic heterocycles. The van der Waals surface area contributed by atoms with Crippen LogP contribution < -0.4 is 10.6 Å². The molecule has 1 unspecified atom stereocenters.